The summed E-state index contributed by atoms with van der Waals surface area (Å²) in [6.45, 7) is 2.03. The zero-order valence-corrected chi connectivity index (χ0v) is 21.3. The monoisotopic (exact) mass is 514 g/mol. The maximum atomic E-state index is 13.8. The Bertz CT molecular complexity index is 1400. The van der Waals surface area contributed by atoms with Crippen LogP contribution in [-0.2, 0) is 14.3 Å². The average molecular weight is 515 g/mol. The Morgan fingerprint density at radius 1 is 1.00 bits per heavy atom. The van der Waals surface area contributed by atoms with Gasteiger partial charge in [0.1, 0.15) is 6.10 Å². The summed E-state index contributed by atoms with van der Waals surface area (Å²) in [4.78, 5) is 39.4. The number of benzene rings is 2. The maximum absolute atomic E-state index is 13.8. The first-order valence-electron chi connectivity index (χ1n) is 13.1. The van der Waals surface area contributed by atoms with Gasteiger partial charge in [-0.3, -0.25) is 9.59 Å². The molecule has 1 fully saturated rings. The fraction of sp³-hybridized carbons (Fsp3) is 0.367. The van der Waals surface area contributed by atoms with Gasteiger partial charge in [-0.15, -0.1) is 0 Å². The van der Waals surface area contributed by atoms with Gasteiger partial charge in [-0.1, -0.05) is 18.2 Å². The van der Waals surface area contributed by atoms with E-state index in [1.165, 1.54) is 0 Å². The lowest BCUT2D eigenvalue weighted by Crippen LogP contribution is -2.36. The van der Waals surface area contributed by atoms with Crippen molar-refractivity contribution in [3.05, 3.63) is 81.7 Å². The average Bonchev–Trinajstić information content (AvgIpc) is 3.59. The molecule has 2 aromatic rings. The number of primary amides is 1. The Kier molecular flexibility index (Phi) is 6.18. The second-order valence-corrected chi connectivity index (χ2v) is 10.4. The summed E-state index contributed by atoms with van der Waals surface area (Å²) in [5.74, 6) is -0.359. The van der Waals surface area contributed by atoms with Gasteiger partial charge in [0.05, 0.1) is 5.57 Å². The fourth-order valence-electron chi connectivity index (χ4n) is 6.14. The molecule has 1 saturated carbocycles. The first-order chi connectivity index (χ1) is 18.4. The molecule has 6 rings (SSSR count). The van der Waals surface area contributed by atoms with Crippen LogP contribution in [0.25, 0.3) is 0 Å². The number of Topliss-reactive ketones (excluding diaryl/α,β-unsaturated/α-hetero) is 1. The van der Waals surface area contributed by atoms with Crippen LogP contribution in [0.4, 0.5) is 0 Å². The van der Waals surface area contributed by atoms with Crippen molar-refractivity contribution >= 4 is 17.7 Å². The molecule has 2 aliphatic heterocycles. The van der Waals surface area contributed by atoms with E-state index in [0.29, 0.717) is 45.9 Å². The van der Waals surface area contributed by atoms with E-state index in [2.05, 4.69) is 5.32 Å². The molecule has 0 saturated heterocycles. The molecule has 2 aromatic carbocycles. The van der Waals surface area contributed by atoms with Crippen LogP contribution in [0, 0.1) is 0 Å². The molecule has 1 amide bonds. The molecule has 38 heavy (non-hydrogen) atoms. The molecule has 8 heteroatoms. The first kappa shape index (κ1) is 24.3. The molecule has 2 aliphatic carbocycles. The van der Waals surface area contributed by atoms with Gasteiger partial charge >= 0.3 is 5.97 Å². The molecule has 0 aromatic heterocycles. The summed E-state index contributed by atoms with van der Waals surface area (Å²) in [6, 6.07) is 12.7. The van der Waals surface area contributed by atoms with Crippen LogP contribution < -0.4 is 20.5 Å². The Morgan fingerprint density at radius 3 is 2.58 bits per heavy atom. The minimum Gasteiger partial charge on any atom is -0.459 e. The van der Waals surface area contributed by atoms with Crippen molar-refractivity contribution in [2.45, 2.75) is 63.4 Å². The van der Waals surface area contributed by atoms with Gasteiger partial charge in [0.2, 0.25) is 12.7 Å². The van der Waals surface area contributed by atoms with Crippen LogP contribution in [0.15, 0.2) is 65.0 Å². The van der Waals surface area contributed by atoms with Crippen LogP contribution >= 0.6 is 0 Å². The van der Waals surface area contributed by atoms with Gasteiger partial charge in [-0.2, -0.15) is 0 Å². The van der Waals surface area contributed by atoms with Crippen LogP contribution in [0.2, 0.25) is 0 Å². The van der Waals surface area contributed by atoms with Crippen LogP contribution in [-0.4, -0.2) is 30.6 Å². The number of nitrogens with two attached hydrogens (primary N) is 1. The molecule has 0 spiro atoms. The number of fused-ring (bicyclic) bond motifs is 1. The number of hydrogen-bond donors (Lipinski definition) is 2. The number of amides is 1. The number of carbonyl (C=O) groups is 3. The van der Waals surface area contributed by atoms with Crippen LogP contribution in [0.1, 0.15) is 78.8 Å². The highest BCUT2D eigenvalue weighted by molar-refractivity contribution is 6.04. The van der Waals surface area contributed by atoms with E-state index < -0.39 is 17.8 Å². The van der Waals surface area contributed by atoms with Crippen molar-refractivity contribution in [3.63, 3.8) is 0 Å². The van der Waals surface area contributed by atoms with Crippen LogP contribution in [0.5, 0.6) is 11.5 Å². The van der Waals surface area contributed by atoms with Gasteiger partial charge in [0.15, 0.2) is 17.3 Å². The second kappa shape index (κ2) is 9.67. The molecule has 1 unspecified atom stereocenters. The van der Waals surface area contributed by atoms with E-state index in [-0.39, 0.29) is 31.0 Å². The number of allylic oxidation sites excluding steroid dienone is 3. The first-order valence-corrected chi connectivity index (χ1v) is 13.1. The number of carbonyl (C=O) groups excluding carboxylic acids is 3. The highest BCUT2D eigenvalue weighted by Gasteiger charge is 2.42. The highest BCUT2D eigenvalue weighted by Crippen LogP contribution is 2.47. The summed E-state index contributed by atoms with van der Waals surface area (Å²) in [5, 5.41) is 3.38. The summed E-state index contributed by atoms with van der Waals surface area (Å²) in [6.07, 6.45) is 4.52. The molecule has 196 valence electrons. The lowest BCUT2D eigenvalue weighted by atomic mass is 9.71. The minimum absolute atomic E-state index is 0.0467. The number of nitrogens with one attached hydrogen (secondary N) is 1. The number of rotatable bonds is 5. The van der Waals surface area contributed by atoms with Gasteiger partial charge in [0, 0.05) is 34.9 Å². The highest BCUT2D eigenvalue weighted by atomic mass is 16.7. The normalized spacial score (nSPS) is 22.8. The number of ether oxygens (including phenoxy) is 3. The zero-order chi connectivity index (χ0) is 26.4. The third-order valence-corrected chi connectivity index (χ3v) is 8.00. The number of hydrogen-bond acceptors (Lipinski definition) is 7. The number of dihydropyridines is 1. The smallest absolute Gasteiger partial charge is 0.337 e. The molecule has 8 nitrogen and oxygen atoms in total. The Labute approximate surface area is 220 Å². The third-order valence-electron chi connectivity index (χ3n) is 8.00. The predicted molar refractivity (Wildman–Crippen MR) is 138 cm³/mol. The number of ketones is 1. The second-order valence-electron chi connectivity index (χ2n) is 10.4. The Morgan fingerprint density at radius 2 is 1.79 bits per heavy atom. The Balaban J connectivity index is 1.39. The van der Waals surface area contributed by atoms with Crippen molar-refractivity contribution in [2.24, 2.45) is 5.73 Å². The van der Waals surface area contributed by atoms with E-state index in [4.69, 9.17) is 19.9 Å². The van der Waals surface area contributed by atoms with Crippen molar-refractivity contribution in [1.82, 2.24) is 5.32 Å². The third kappa shape index (κ3) is 4.34. The quantitative estimate of drug-likeness (QED) is 0.570. The van der Waals surface area contributed by atoms with Crippen molar-refractivity contribution < 1.29 is 28.6 Å². The summed E-state index contributed by atoms with van der Waals surface area (Å²) >= 11 is 0. The van der Waals surface area contributed by atoms with E-state index >= 15 is 0 Å². The van der Waals surface area contributed by atoms with Crippen LogP contribution in [0.3, 0.4) is 0 Å². The molecule has 3 N–H and O–H groups in total. The molecular weight excluding hydrogens is 484 g/mol. The molecule has 2 heterocycles. The lowest BCUT2D eigenvalue weighted by Gasteiger charge is -2.37. The van der Waals surface area contributed by atoms with Crippen molar-refractivity contribution in [2.75, 3.05) is 6.79 Å². The summed E-state index contributed by atoms with van der Waals surface area (Å²) in [5.41, 5.74) is 9.96. The summed E-state index contributed by atoms with van der Waals surface area (Å²) < 4.78 is 16.9. The van der Waals surface area contributed by atoms with Gasteiger partial charge in [-0.05, 0) is 80.3 Å². The zero-order valence-electron chi connectivity index (χ0n) is 21.3. The van der Waals surface area contributed by atoms with Crippen molar-refractivity contribution in [1.29, 1.82) is 0 Å². The molecular formula is C30H30N2O6. The van der Waals surface area contributed by atoms with E-state index in [1.54, 1.807) is 18.2 Å². The lowest BCUT2D eigenvalue weighted by molar-refractivity contribution is -0.144. The Hall–Kier alpha value is -4.07. The van der Waals surface area contributed by atoms with Gasteiger partial charge < -0.3 is 25.3 Å². The van der Waals surface area contributed by atoms with E-state index in [9.17, 15) is 14.4 Å². The minimum atomic E-state index is -0.648. The number of esters is 1. The van der Waals surface area contributed by atoms with E-state index in [0.717, 1.165) is 36.9 Å². The SMILES string of the molecule is CC1=C(C(=O)OC2CCCC2)[C@@H](c2cccc(C(N)=O)c2)C2=C(CC(c3ccc4c(c3)OCO4)CC2=O)N1. The predicted octanol–water partition coefficient (Wildman–Crippen LogP) is 4.36. The topological polar surface area (TPSA) is 117 Å². The molecule has 0 radical (unpaired) electrons. The van der Waals surface area contributed by atoms with E-state index in [1.807, 2.05) is 31.2 Å². The van der Waals surface area contributed by atoms with Gasteiger partial charge in [0.25, 0.3) is 0 Å². The fourth-order valence-corrected chi connectivity index (χ4v) is 6.14. The molecule has 2 atom stereocenters. The summed E-state index contributed by atoms with van der Waals surface area (Å²) in [7, 11) is 0. The molecule has 4 aliphatic rings. The standard InChI is InChI=1S/C30H30N2O6/c1-16-26(30(35)38-21-7-2-3-8-21)27(18-5-4-6-19(11-18)29(31)34)28-22(32-16)12-20(13-23(28)33)17-9-10-24-25(14-17)37-15-36-24/h4-6,9-11,14,20-21,27,32H,2-3,7-8,12-13,15H2,1H3,(H2,31,34)/t20?,27-/m1/s1. The maximum Gasteiger partial charge on any atom is 0.337 e. The largest absolute Gasteiger partial charge is 0.459 e. The van der Waals surface area contributed by atoms with Gasteiger partial charge in [-0.25, -0.2) is 4.79 Å². The van der Waals surface area contributed by atoms with Crippen molar-refractivity contribution in [3.8, 4) is 11.5 Å². The molecule has 0 bridgehead atoms.